The lowest BCUT2D eigenvalue weighted by molar-refractivity contribution is -0.384. The Balaban J connectivity index is 1.79. The fraction of sp³-hybridized carbons (Fsp3) is 0.222. The maximum absolute atomic E-state index is 13.2. The summed E-state index contributed by atoms with van der Waals surface area (Å²) in [7, 11) is 0. The van der Waals surface area contributed by atoms with Crippen LogP contribution in [-0.2, 0) is 13.0 Å². The van der Waals surface area contributed by atoms with Gasteiger partial charge in [0.25, 0.3) is 12.1 Å². The number of nitro groups is 1. The number of benzene rings is 2. The molecular formula is C18H14F2N4O2. The maximum atomic E-state index is 13.2. The number of hydrogen-bond donors (Lipinski definition) is 0. The van der Waals surface area contributed by atoms with Crippen LogP contribution in [0.15, 0.2) is 42.5 Å². The molecule has 2 aromatic carbocycles. The average molecular weight is 356 g/mol. The molecule has 0 fully saturated rings. The molecule has 0 N–H and O–H groups in total. The van der Waals surface area contributed by atoms with Crippen molar-refractivity contribution < 1.29 is 13.7 Å². The second kappa shape index (κ2) is 6.29. The van der Waals surface area contributed by atoms with Crippen LogP contribution in [0.5, 0.6) is 0 Å². The smallest absolute Gasteiger partial charge is 0.297 e. The molecule has 0 bridgehead atoms. The van der Waals surface area contributed by atoms with Crippen LogP contribution in [-0.4, -0.2) is 21.4 Å². The van der Waals surface area contributed by atoms with E-state index < -0.39 is 17.2 Å². The fourth-order valence-corrected chi connectivity index (χ4v) is 3.25. The molecule has 0 unspecified atom stereocenters. The van der Waals surface area contributed by atoms with Gasteiger partial charge in [-0.25, -0.2) is 18.7 Å². The summed E-state index contributed by atoms with van der Waals surface area (Å²) >= 11 is 0. The van der Waals surface area contributed by atoms with Gasteiger partial charge in [-0.3, -0.25) is 10.1 Å². The van der Waals surface area contributed by atoms with Crippen molar-refractivity contribution in [1.82, 2.24) is 9.97 Å². The van der Waals surface area contributed by atoms with Gasteiger partial charge in [-0.05, 0) is 29.7 Å². The first-order valence-corrected chi connectivity index (χ1v) is 8.09. The maximum Gasteiger partial charge on any atom is 0.297 e. The topological polar surface area (TPSA) is 72.2 Å². The van der Waals surface area contributed by atoms with Crippen molar-refractivity contribution in [3.63, 3.8) is 0 Å². The van der Waals surface area contributed by atoms with E-state index in [0.717, 1.165) is 11.1 Å². The Morgan fingerprint density at radius 2 is 1.92 bits per heavy atom. The molecule has 1 aliphatic rings. The molecule has 4 rings (SSSR count). The Morgan fingerprint density at radius 1 is 1.12 bits per heavy atom. The Kier molecular flexibility index (Phi) is 3.95. The Hall–Kier alpha value is -3.16. The van der Waals surface area contributed by atoms with Gasteiger partial charge in [0.15, 0.2) is 5.82 Å². The van der Waals surface area contributed by atoms with Crippen LogP contribution < -0.4 is 4.90 Å². The SMILES string of the molecule is O=[N+]([O-])c1ccc2c(c1)CN(c1nc(C(F)F)nc3ccccc13)CC2. The van der Waals surface area contributed by atoms with Crippen molar-refractivity contribution in [1.29, 1.82) is 0 Å². The highest BCUT2D eigenvalue weighted by Crippen LogP contribution is 2.31. The van der Waals surface area contributed by atoms with Crippen LogP contribution in [0, 0.1) is 10.1 Å². The van der Waals surface area contributed by atoms with Gasteiger partial charge in [-0.1, -0.05) is 18.2 Å². The van der Waals surface area contributed by atoms with E-state index in [2.05, 4.69) is 9.97 Å². The predicted molar refractivity (Wildman–Crippen MR) is 92.3 cm³/mol. The molecule has 26 heavy (non-hydrogen) atoms. The van der Waals surface area contributed by atoms with Crippen molar-refractivity contribution in [3.05, 3.63) is 69.5 Å². The van der Waals surface area contributed by atoms with Gasteiger partial charge < -0.3 is 4.90 Å². The van der Waals surface area contributed by atoms with Crippen LogP contribution in [0.3, 0.4) is 0 Å². The number of halogens is 2. The Bertz CT molecular complexity index is 1010. The van der Waals surface area contributed by atoms with Crippen LogP contribution >= 0.6 is 0 Å². The first kappa shape index (κ1) is 16.3. The Labute approximate surface area is 147 Å². The number of non-ortho nitro benzene ring substituents is 1. The number of fused-ring (bicyclic) bond motifs is 2. The van der Waals surface area contributed by atoms with Gasteiger partial charge in [-0.15, -0.1) is 0 Å². The fourth-order valence-electron chi connectivity index (χ4n) is 3.25. The largest absolute Gasteiger partial charge is 0.351 e. The molecule has 1 aromatic heterocycles. The van der Waals surface area contributed by atoms with Gasteiger partial charge >= 0.3 is 0 Å². The van der Waals surface area contributed by atoms with Gasteiger partial charge in [0.05, 0.1) is 10.4 Å². The van der Waals surface area contributed by atoms with Crippen molar-refractivity contribution >= 4 is 22.4 Å². The van der Waals surface area contributed by atoms with E-state index in [1.165, 1.54) is 6.07 Å². The molecule has 0 aliphatic carbocycles. The lowest BCUT2D eigenvalue weighted by Crippen LogP contribution is -2.31. The monoisotopic (exact) mass is 356 g/mol. The minimum atomic E-state index is -2.77. The van der Waals surface area contributed by atoms with Gasteiger partial charge in [0, 0.05) is 30.6 Å². The third kappa shape index (κ3) is 2.83. The minimum Gasteiger partial charge on any atom is -0.351 e. The zero-order chi connectivity index (χ0) is 18.3. The molecule has 6 nitrogen and oxygen atoms in total. The van der Waals surface area contributed by atoms with Crippen molar-refractivity contribution in [2.24, 2.45) is 0 Å². The third-order valence-electron chi connectivity index (χ3n) is 4.51. The zero-order valence-corrected chi connectivity index (χ0v) is 13.6. The van der Waals surface area contributed by atoms with Crippen LogP contribution in [0.4, 0.5) is 20.3 Å². The number of nitro benzene ring substituents is 1. The van der Waals surface area contributed by atoms with Crippen molar-refractivity contribution in [2.75, 3.05) is 11.4 Å². The van der Waals surface area contributed by atoms with E-state index >= 15 is 0 Å². The summed E-state index contributed by atoms with van der Waals surface area (Å²) < 4.78 is 26.4. The molecule has 2 heterocycles. The highest BCUT2D eigenvalue weighted by Gasteiger charge is 2.23. The van der Waals surface area contributed by atoms with E-state index in [1.54, 1.807) is 36.4 Å². The number of anilines is 1. The summed E-state index contributed by atoms with van der Waals surface area (Å²) in [6, 6.07) is 11.8. The molecular weight excluding hydrogens is 342 g/mol. The highest BCUT2D eigenvalue weighted by atomic mass is 19.3. The van der Waals surface area contributed by atoms with E-state index in [9.17, 15) is 18.9 Å². The number of para-hydroxylation sites is 1. The molecule has 1 aliphatic heterocycles. The number of aromatic nitrogens is 2. The lowest BCUT2D eigenvalue weighted by Gasteiger charge is -2.30. The van der Waals surface area contributed by atoms with E-state index in [4.69, 9.17) is 0 Å². The van der Waals surface area contributed by atoms with E-state index in [-0.39, 0.29) is 5.69 Å². The molecule has 0 saturated carbocycles. The van der Waals surface area contributed by atoms with Gasteiger partial charge in [0.2, 0.25) is 0 Å². The second-order valence-corrected chi connectivity index (χ2v) is 6.10. The number of rotatable bonds is 3. The summed E-state index contributed by atoms with van der Waals surface area (Å²) in [6.45, 7) is 0.967. The third-order valence-corrected chi connectivity index (χ3v) is 4.51. The molecule has 8 heteroatoms. The minimum absolute atomic E-state index is 0.0198. The van der Waals surface area contributed by atoms with Crippen LogP contribution in [0.25, 0.3) is 10.9 Å². The van der Waals surface area contributed by atoms with Crippen molar-refractivity contribution in [2.45, 2.75) is 19.4 Å². The van der Waals surface area contributed by atoms with Crippen LogP contribution in [0.1, 0.15) is 23.4 Å². The molecule has 0 spiro atoms. The van der Waals surface area contributed by atoms with Crippen molar-refractivity contribution in [3.8, 4) is 0 Å². The lowest BCUT2D eigenvalue weighted by atomic mass is 9.99. The van der Waals surface area contributed by atoms with E-state index in [1.807, 2.05) is 4.90 Å². The summed E-state index contributed by atoms with van der Waals surface area (Å²) in [4.78, 5) is 20.5. The molecule has 3 aromatic rings. The van der Waals surface area contributed by atoms with Gasteiger partial charge in [0.1, 0.15) is 5.82 Å². The van der Waals surface area contributed by atoms with Gasteiger partial charge in [-0.2, -0.15) is 0 Å². The predicted octanol–water partition coefficient (Wildman–Crippen LogP) is 4.04. The number of nitrogens with zero attached hydrogens (tertiary/aromatic N) is 4. The van der Waals surface area contributed by atoms with E-state index in [0.29, 0.717) is 36.2 Å². The quantitative estimate of drug-likeness (QED) is 0.523. The first-order valence-electron chi connectivity index (χ1n) is 8.09. The highest BCUT2D eigenvalue weighted by molar-refractivity contribution is 5.89. The number of alkyl halides is 2. The number of hydrogen-bond acceptors (Lipinski definition) is 5. The molecule has 0 amide bonds. The molecule has 132 valence electrons. The summed E-state index contributed by atoms with van der Waals surface area (Å²) in [5.41, 5.74) is 2.31. The standard InChI is InChI=1S/C18H14F2N4O2/c19-16(20)17-21-15-4-2-1-3-14(15)18(22-17)23-8-7-11-5-6-13(24(25)26)9-12(11)10-23/h1-6,9,16H,7-8,10H2. The average Bonchev–Trinajstić information content (AvgIpc) is 2.66. The zero-order valence-electron chi connectivity index (χ0n) is 13.6. The second-order valence-electron chi connectivity index (χ2n) is 6.10. The molecule has 0 saturated heterocycles. The normalized spacial score (nSPS) is 13.9. The summed E-state index contributed by atoms with van der Waals surface area (Å²) in [5, 5.41) is 11.7. The van der Waals surface area contributed by atoms with Crippen LogP contribution in [0.2, 0.25) is 0 Å². The summed E-state index contributed by atoms with van der Waals surface area (Å²) in [5.74, 6) is -0.0772. The molecule has 0 radical (unpaired) electrons. The molecule has 0 atom stereocenters. The Morgan fingerprint density at radius 3 is 2.69 bits per heavy atom. The summed E-state index contributed by atoms with van der Waals surface area (Å²) in [6.07, 6.45) is -2.10. The first-order chi connectivity index (χ1) is 12.5.